The minimum Gasteiger partial charge on any atom is -0.365 e. The quantitative estimate of drug-likeness (QED) is 0.817. The van der Waals surface area contributed by atoms with Gasteiger partial charge in [0.1, 0.15) is 5.82 Å². The van der Waals surface area contributed by atoms with E-state index in [2.05, 4.69) is 21.9 Å². The number of nitrogens with two attached hydrogens (primary N) is 1. The number of nitrogens with zero attached hydrogens (tertiary/aromatic N) is 3. The van der Waals surface area contributed by atoms with Crippen molar-refractivity contribution in [1.82, 2.24) is 14.9 Å². The van der Waals surface area contributed by atoms with Crippen LogP contribution in [0.1, 0.15) is 40.6 Å². The Labute approximate surface area is 101 Å². The van der Waals surface area contributed by atoms with Gasteiger partial charge in [-0.3, -0.25) is 4.79 Å². The Morgan fingerprint density at radius 1 is 1.59 bits per heavy atom. The first-order valence-electron chi connectivity index (χ1n) is 5.90. The van der Waals surface area contributed by atoms with Crippen molar-refractivity contribution in [3.8, 4) is 0 Å². The van der Waals surface area contributed by atoms with E-state index in [4.69, 9.17) is 5.73 Å². The number of amides is 1. The van der Waals surface area contributed by atoms with E-state index in [-0.39, 0.29) is 0 Å². The number of aryl methyl sites for hydroxylation is 1. The van der Waals surface area contributed by atoms with Crippen LogP contribution in [0.3, 0.4) is 0 Å². The molecule has 0 aliphatic carbocycles. The third-order valence-electron chi connectivity index (χ3n) is 3.25. The fourth-order valence-corrected chi connectivity index (χ4v) is 2.30. The second-order valence-corrected chi connectivity index (χ2v) is 4.69. The van der Waals surface area contributed by atoms with Crippen molar-refractivity contribution in [3.05, 3.63) is 23.3 Å². The molecule has 1 aromatic heterocycles. The molecule has 1 aromatic rings. The Balaban J connectivity index is 2.22. The Morgan fingerprint density at radius 2 is 2.35 bits per heavy atom. The van der Waals surface area contributed by atoms with Crippen molar-refractivity contribution < 1.29 is 4.79 Å². The summed E-state index contributed by atoms with van der Waals surface area (Å²) < 4.78 is 0. The zero-order chi connectivity index (χ0) is 12.4. The Morgan fingerprint density at radius 3 is 2.94 bits per heavy atom. The smallest absolute Gasteiger partial charge is 0.252 e. The maximum Gasteiger partial charge on any atom is 0.252 e. The van der Waals surface area contributed by atoms with Crippen LogP contribution in [0.5, 0.6) is 0 Å². The SMILES string of the molecule is Cc1nc([C@@H]2CCCN(C)C2)ncc1C(N)=O. The van der Waals surface area contributed by atoms with Crippen LogP contribution in [0, 0.1) is 6.92 Å². The molecular formula is C12H18N4O. The number of likely N-dealkylation sites (tertiary alicyclic amines) is 1. The minimum absolute atomic E-state index is 0.370. The van der Waals surface area contributed by atoms with E-state index in [9.17, 15) is 4.79 Å². The van der Waals surface area contributed by atoms with Crippen LogP contribution in [0.25, 0.3) is 0 Å². The Bertz CT molecular complexity index is 433. The summed E-state index contributed by atoms with van der Waals surface area (Å²) in [5, 5.41) is 0. The van der Waals surface area contributed by atoms with E-state index in [0.29, 0.717) is 17.2 Å². The van der Waals surface area contributed by atoms with Gasteiger partial charge in [-0.1, -0.05) is 0 Å². The predicted octanol–water partition coefficient (Wildman–Crippen LogP) is 0.693. The van der Waals surface area contributed by atoms with Gasteiger partial charge in [-0.15, -0.1) is 0 Å². The van der Waals surface area contributed by atoms with Crippen molar-refractivity contribution in [2.75, 3.05) is 20.1 Å². The fourth-order valence-electron chi connectivity index (χ4n) is 2.30. The van der Waals surface area contributed by atoms with E-state index in [1.165, 1.54) is 6.42 Å². The molecule has 1 atom stereocenters. The molecule has 0 saturated carbocycles. The molecule has 0 aromatic carbocycles. The molecule has 2 heterocycles. The van der Waals surface area contributed by atoms with Crippen molar-refractivity contribution in [2.45, 2.75) is 25.7 Å². The zero-order valence-corrected chi connectivity index (χ0v) is 10.3. The van der Waals surface area contributed by atoms with E-state index in [0.717, 1.165) is 25.3 Å². The molecule has 0 radical (unpaired) electrons. The largest absolute Gasteiger partial charge is 0.365 e. The molecule has 0 unspecified atom stereocenters. The lowest BCUT2D eigenvalue weighted by Crippen LogP contribution is -2.32. The summed E-state index contributed by atoms with van der Waals surface area (Å²) in [4.78, 5) is 22.1. The van der Waals surface area contributed by atoms with E-state index < -0.39 is 5.91 Å². The first kappa shape index (κ1) is 12.0. The normalized spacial score (nSPS) is 21.4. The summed E-state index contributed by atoms with van der Waals surface area (Å²) in [7, 11) is 2.11. The van der Waals surface area contributed by atoms with Crippen molar-refractivity contribution in [2.24, 2.45) is 5.73 Å². The van der Waals surface area contributed by atoms with Crippen LogP contribution in [0.4, 0.5) is 0 Å². The molecule has 1 amide bonds. The Kier molecular flexibility index (Phi) is 3.38. The van der Waals surface area contributed by atoms with E-state index in [1.807, 2.05) is 0 Å². The highest BCUT2D eigenvalue weighted by molar-refractivity contribution is 5.93. The second kappa shape index (κ2) is 4.79. The lowest BCUT2D eigenvalue weighted by Gasteiger charge is -2.28. The van der Waals surface area contributed by atoms with Gasteiger partial charge in [0, 0.05) is 18.7 Å². The van der Waals surface area contributed by atoms with Crippen LogP contribution in [-0.2, 0) is 0 Å². The summed E-state index contributed by atoms with van der Waals surface area (Å²) in [6.07, 6.45) is 3.83. The number of piperidine rings is 1. The zero-order valence-electron chi connectivity index (χ0n) is 10.3. The van der Waals surface area contributed by atoms with Gasteiger partial charge in [0.05, 0.1) is 11.3 Å². The highest BCUT2D eigenvalue weighted by Gasteiger charge is 2.22. The highest BCUT2D eigenvalue weighted by atomic mass is 16.1. The highest BCUT2D eigenvalue weighted by Crippen LogP contribution is 2.23. The van der Waals surface area contributed by atoms with Gasteiger partial charge in [0.25, 0.3) is 5.91 Å². The lowest BCUT2D eigenvalue weighted by atomic mass is 9.97. The van der Waals surface area contributed by atoms with Crippen molar-refractivity contribution in [3.63, 3.8) is 0 Å². The third-order valence-corrected chi connectivity index (χ3v) is 3.25. The number of rotatable bonds is 2. The molecule has 92 valence electrons. The molecule has 2 rings (SSSR count). The Hall–Kier alpha value is -1.49. The molecule has 17 heavy (non-hydrogen) atoms. The van der Waals surface area contributed by atoms with Crippen LogP contribution < -0.4 is 5.73 Å². The number of likely N-dealkylation sites (N-methyl/N-ethyl adjacent to an activating group) is 1. The van der Waals surface area contributed by atoms with Gasteiger partial charge in [0.2, 0.25) is 0 Å². The molecule has 5 nitrogen and oxygen atoms in total. The standard InChI is InChI=1S/C12H18N4O/c1-8-10(11(13)17)6-14-12(15-8)9-4-3-5-16(2)7-9/h6,9H,3-5,7H2,1-2H3,(H2,13,17)/t9-/m1/s1. The van der Waals surface area contributed by atoms with Gasteiger partial charge in [-0.05, 0) is 33.4 Å². The summed E-state index contributed by atoms with van der Waals surface area (Å²) in [6, 6.07) is 0. The number of carbonyl (C=O) groups is 1. The second-order valence-electron chi connectivity index (χ2n) is 4.69. The first-order chi connectivity index (χ1) is 8.08. The van der Waals surface area contributed by atoms with Gasteiger partial charge in [-0.2, -0.15) is 0 Å². The number of hydrogen-bond acceptors (Lipinski definition) is 4. The van der Waals surface area contributed by atoms with Gasteiger partial charge >= 0.3 is 0 Å². The number of primary amides is 1. The van der Waals surface area contributed by atoms with Crippen LogP contribution in [0.2, 0.25) is 0 Å². The monoisotopic (exact) mass is 234 g/mol. The van der Waals surface area contributed by atoms with Crippen LogP contribution in [-0.4, -0.2) is 40.9 Å². The maximum atomic E-state index is 11.1. The van der Waals surface area contributed by atoms with Gasteiger partial charge < -0.3 is 10.6 Å². The summed E-state index contributed by atoms with van der Waals surface area (Å²) in [5.41, 5.74) is 6.33. The summed E-state index contributed by atoms with van der Waals surface area (Å²) in [6.45, 7) is 3.92. The molecule has 1 aliphatic rings. The minimum atomic E-state index is -0.463. The van der Waals surface area contributed by atoms with Crippen molar-refractivity contribution in [1.29, 1.82) is 0 Å². The van der Waals surface area contributed by atoms with E-state index >= 15 is 0 Å². The molecule has 0 bridgehead atoms. The number of aromatic nitrogens is 2. The molecular weight excluding hydrogens is 216 g/mol. The molecule has 1 aliphatic heterocycles. The molecule has 5 heteroatoms. The summed E-state index contributed by atoms with van der Waals surface area (Å²) >= 11 is 0. The third kappa shape index (κ3) is 2.61. The molecule has 2 N–H and O–H groups in total. The van der Waals surface area contributed by atoms with E-state index in [1.54, 1.807) is 13.1 Å². The van der Waals surface area contributed by atoms with Crippen LogP contribution in [0.15, 0.2) is 6.20 Å². The fraction of sp³-hybridized carbons (Fsp3) is 0.583. The van der Waals surface area contributed by atoms with Crippen LogP contribution >= 0.6 is 0 Å². The topological polar surface area (TPSA) is 72.1 Å². The summed E-state index contributed by atoms with van der Waals surface area (Å²) in [5.74, 6) is 0.739. The predicted molar refractivity (Wildman–Crippen MR) is 64.8 cm³/mol. The molecule has 1 fully saturated rings. The molecule has 1 saturated heterocycles. The number of hydrogen-bond donors (Lipinski definition) is 1. The average molecular weight is 234 g/mol. The molecule has 0 spiro atoms. The first-order valence-corrected chi connectivity index (χ1v) is 5.90. The van der Waals surface area contributed by atoms with Gasteiger partial charge in [-0.25, -0.2) is 9.97 Å². The lowest BCUT2D eigenvalue weighted by molar-refractivity contribution is 0.0999. The number of carbonyl (C=O) groups excluding carboxylic acids is 1. The maximum absolute atomic E-state index is 11.1. The average Bonchev–Trinajstić information content (AvgIpc) is 2.28. The van der Waals surface area contributed by atoms with Crippen molar-refractivity contribution >= 4 is 5.91 Å². The van der Waals surface area contributed by atoms with Gasteiger partial charge in [0.15, 0.2) is 0 Å².